The summed E-state index contributed by atoms with van der Waals surface area (Å²) >= 11 is 0. The van der Waals surface area contributed by atoms with Gasteiger partial charge in [-0.1, -0.05) is 139 Å². The molecule has 8 heteroatoms. The molecule has 0 heterocycles. The second kappa shape index (κ2) is 32.2. The fourth-order valence-corrected chi connectivity index (χ4v) is 5.11. The van der Waals surface area contributed by atoms with Crippen molar-refractivity contribution in [1.29, 1.82) is 0 Å². The highest BCUT2D eigenvalue weighted by Gasteiger charge is 2.31. The number of aliphatic carboxylic acids is 1. The highest BCUT2D eigenvalue weighted by Crippen LogP contribution is 2.13. The molecule has 0 amide bonds. The van der Waals surface area contributed by atoms with Crippen molar-refractivity contribution in [3.05, 3.63) is 60.8 Å². The molecule has 8 nitrogen and oxygen atoms in total. The lowest BCUT2D eigenvalue weighted by Gasteiger charge is -2.31. The highest BCUT2D eigenvalue weighted by atomic mass is 16.6. The van der Waals surface area contributed by atoms with E-state index in [1.807, 2.05) is 69.8 Å². The molecule has 280 valence electrons. The summed E-state index contributed by atoms with van der Waals surface area (Å²) in [6, 6.07) is -0.620. The second-order valence-electron chi connectivity index (χ2n) is 13.6. The van der Waals surface area contributed by atoms with Gasteiger partial charge in [0, 0.05) is 19.3 Å². The predicted molar refractivity (Wildman–Crippen MR) is 201 cm³/mol. The van der Waals surface area contributed by atoms with Crippen molar-refractivity contribution in [2.75, 3.05) is 41.0 Å². The Balaban J connectivity index is 4.51. The molecule has 2 atom stereocenters. The topological polar surface area (TPSA) is 99.1 Å². The van der Waals surface area contributed by atoms with Crippen LogP contribution >= 0.6 is 0 Å². The quantitative estimate of drug-likeness (QED) is 0.0325. The van der Waals surface area contributed by atoms with Gasteiger partial charge in [0.25, 0.3) is 0 Å². The Bertz CT molecular complexity index is 990. The van der Waals surface area contributed by atoms with Crippen LogP contribution < -0.4 is 0 Å². The zero-order valence-corrected chi connectivity index (χ0v) is 31.6. The summed E-state index contributed by atoms with van der Waals surface area (Å²) in [7, 11) is 5.49. The molecule has 0 fully saturated rings. The van der Waals surface area contributed by atoms with Gasteiger partial charge in [-0.2, -0.15) is 0 Å². The number of quaternary nitrogens is 1. The number of carboxylic acids is 1. The lowest BCUT2D eigenvalue weighted by atomic mass is 10.1. The average Bonchev–Trinajstić information content (AvgIpc) is 3.05. The number of carboxylic acid groups (broad SMARTS) is 1. The molecule has 0 aromatic heterocycles. The van der Waals surface area contributed by atoms with Crippen LogP contribution in [0.3, 0.4) is 0 Å². The summed E-state index contributed by atoms with van der Waals surface area (Å²) in [5.41, 5.74) is 0. The second-order valence-corrected chi connectivity index (χ2v) is 13.6. The van der Waals surface area contributed by atoms with Gasteiger partial charge in [0.15, 0.2) is 12.1 Å². The third-order valence-corrected chi connectivity index (χ3v) is 8.06. The number of likely N-dealkylation sites (N-methyl/N-ethyl adjacent to an activating group) is 1. The van der Waals surface area contributed by atoms with Gasteiger partial charge in [-0.05, 0) is 32.1 Å². The van der Waals surface area contributed by atoms with Crippen LogP contribution in [0.25, 0.3) is 0 Å². The van der Waals surface area contributed by atoms with Gasteiger partial charge in [-0.3, -0.25) is 9.59 Å². The van der Waals surface area contributed by atoms with E-state index in [1.54, 1.807) is 0 Å². The van der Waals surface area contributed by atoms with E-state index in [0.717, 1.165) is 51.4 Å². The monoisotopic (exact) mass is 689 g/mol. The van der Waals surface area contributed by atoms with Crippen molar-refractivity contribution in [3.63, 3.8) is 0 Å². The molecular formula is C41H70NO7+. The van der Waals surface area contributed by atoms with Crippen LogP contribution in [0.2, 0.25) is 0 Å². The zero-order valence-electron chi connectivity index (χ0n) is 31.6. The molecule has 0 saturated carbocycles. The third-order valence-electron chi connectivity index (χ3n) is 8.06. The predicted octanol–water partition coefficient (Wildman–Crippen LogP) is 9.46. The normalized spacial score (nSPS) is 13.7. The standard InChI is InChI=1S/C41H69NO7/c1-6-8-10-12-14-16-18-19-20-21-22-24-25-27-29-31-39(43)48-36-37(35-47-34-33-38(41(45)46)42(3,4)5)49-40(44)32-30-28-26-23-17-15-13-11-9-7-2/h8,10,12,14,16,18-22,37-38H,6-7,9,11,13,15,17,23-36H2,1-5H3/p+1/b10-8+,14-12+,18-16+,20-19+,22-21+. The van der Waals surface area contributed by atoms with Crippen molar-refractivity contribution >= 4 is 17.9 Å². The van der Waals surface area contributed by atoms with Gasteiger partial charge in [0.1, 0.15) is 6.61 Å². The molecule has 49 heavy (non-hydrogen) atoms. The van der Waals surface area contributed by atoms with Gasteiger partial charge < -0.3 is 23.8 Å². The van der Waals surface area contributed by atoms with Crippen LogP contribution in [0, 0.1) is 0 Å². The first kappa shape index (κ1) is 46.0. The summed E-state index contributed by atoms with van der Waals surface area (Å²) < 4.78 is 17.1. The van der Waals surface area contributed by atoms with Crippen molar-refractivity contribution in [3.8, 4) is 0 Å². The smallest absolute Gasteiger partial charge is 0.362 e. The molecule has 0 saturated heterocycles. The van der Waals surface area contributed by atoms with Crippen LogP contribution in [0.4, 0.5) is 0 Å². The minimum atomic E-state index is -0.885. The first-order chi connectivity index (χ1) is 23.6. The Morgan fingerprint density at radius 2 is 1.14 bits per heavy atom. The van der Waals surface area contributed by atoms with E-state index in [2.05, 4.69) is 26.0 Å². The number of nitrogens with zero attached hydrogens (tertiary/aromatic N) is 1. The van der Waals surface area contributed by atoms with Gasteiger partial charge in [0.2, 0.25) is 0 Å². The number of ether oxygens (including phenoxy) is 3. The summed E-state index contributed by atoms with van der Waals surface area (Å²) in [6.45, 7) is 4.51. The Hall–Kier alpha value is -2.97. The van der Waals surface area contributed by atoms with Gasteiger partial charge in [-0.15, -0.1) is 0 Å². The van der Waals surface area contributed by atoms with E-state index in [9.17, 15) is 19.5 Å². The Kier molecular flexibility index (Phi) is 30.3. The van der Waals surface area contributed by atoms with Gasteiger partial charge in [0.05, 0.1) is 34.4 Å². The average molecular weight is 689 g/mol. The number of hydrogen-bond donors (Lipinski definition) is 1. The molecule has 0 radical (unpaired) electrons. The molecule has 0 aliphatic rings. The highest BCUT2D eigenvalue weighted by molar-refractivity contribution is 5.72. The Morgan fingerprint density at radius 3 is 1.69 bits per heavy atom. The molecule has 0 aromatic carbocycles. The number of carbonyl (C=O) groups is 3. The van der Waals surface area contributed by atoms with Crippen molar-refractivity contribution < 1.29 is 38.2 Å². The number of allylic oxidation sites excluding steroid dienone is 10. The SMILES string of the molecule is CC/C=C/C=C/C=C/C=C/C=C/CCCCCC(=O)OCC(COCCC(C(=O)O)[N+](C)(C)C)OC(=O)CCCCCCCCCCCC. The fourth-order valence-electron chi connectivity index (χ4n) is 5.11. The van der Waals surface area contributed by atoms with Crippen molar-refractivity contribution in [1.82, 2.24) is 0 Å². The van der Waals surface area contributed by atoms with E-state index in [-0.39, 0.29) is 36.2 Å². The van der Waals surface area contributed by atoms with E-state index < -0.39 is 18.1 Å². The van der Waals surface area contributed by atoms with Gasteiger partial charge >= 0.3 is 17.9 Å². The molecule has 0 bridgehead atoms. The molecule has 0 aromatic rings. The van der Waals surface area contributed by atoms with Crippen molar-refractivity contribution in [2.45, 2.75) is 142 Å². The Labute approximate surface area is 298 Å². The molecular weight excluding hydrogens is 618 g/mol. The van der Waals surface area contributed by atoms with Crippen LogP contribution in [0.15, 0.2) is 60.8 Å². The number of unbranched alkanes of at least 4 members (excludes halogenated alkanes) is 12. The molecule has 0 aliphatic heterocycles. The number of carbonyl (C=O) groups excluding carboxylic acids is 2. The van der Waals surface area contributed by atoms with Gasteiger partial charge in [-0.25, -0.2) is 4.79 Å². The summed E-state index contributed by atoms with van der Waals surface area (Å²) in [5, 5.41) is 9.57. The minimum absolute atomic E-state index is 0.0457. The number of rotatable bonds is 32. The van der Waals surface area contributed by atoms with Crippen LogP contribution in [-0.4, -0.2) is 80.6 Å². The summed E-state index contributed by atoms with van der Waals surface area (Å²) in [5.74, 6) is -1.53. The van der Waals surface area contributed by atoms with Crippen LogP contribution in [0.5, 0.6) is 0 Å². The molecule has 0 spiro atoms. The first-order valence-electron chi connectivity index (χ1n) is 18.9. The zero-order chi connectivity index (χ0) is 36.4. The Morgan fingerprint density at radius 1 is 0.633 bits per heavy atom. The van der Waals surface area contributed by atoms with E-state index in [1.165, 1.54) is 44.9 Å². The maximum Gasteiger partial charge on any atom is 0.362 e. The fraction of sp³-hybridized carbons (Fsp3) is 0.683. The van der Waals surface area contributed by atoms with Crippen LogP contribution in [0.1, 0.15) is 129 Å². The maximum absolute atomic E-state index is 12.6. The van der Waals surface area contributed by atoms with E-state index in [0.29, 0.717) is 19.3 Å². The molecule has 0 aliphatic carbocycles. The summed E-state index contributed by atoms with van der Waals surface area (Å²) in [6.07, 6.45) is 36.9. The maximum atomic E-state index is 12.6. The number of hydrogen-bond acceptors (Lipinski definition) is 6. The molecule has 1 N–H and O–H groups in total. The summed E-state index contributed by atoms with van der Waals surface area (Å²) in [4.78, 5) is 36.7. The molecule has 0 rings (SSSR count). The van der Waals surface area contributed by atoms with Crippen molar-refractivity contribution in [2.24, 2.45) is 0 Å². The largest absolute Gasteiger partial charge is 0.477 e. The van der Waals surface area contributed by atoms with Crippen LogP contribution in [-0.2, 0) is 28.6 Å². The lowest BCUT2D eigenvalue weighted by molar-refractivity contribution is -0.887. The molecule has 2 unspecified atom stereocenters. The number of esters is 2. The lowest BCUT2D eigenvalue weighted by Crippen LogP contribution is -2.50. The third kappa shape index (κ3) is 30.8. The first-order valence-corrected chi connectivity index (χ1v) is 18.9. The minimum Gasteiger partial charge on any atom is -0.477 e. The van der Waals surface area contributed by atoms with E-state index >= 15 is 0 Å². The van der Waals surface area contributed by atoms with E-state index in [4.69, 9.17) is 14.2 Å².